The Morgan fingerprint density at radius 3 is 2.77 bits per heavy atom. The molecule has 0 bridgehead atoms. The van der Waals surface area contributed by atoms with Gasteiger partial charge in [0.2, 0.25) is 5.91 Å². The normalized spacial score (nSPS) is 12.2. The maximum Gasteiger partial charge on any atom is 0.220 e. The van der Waals surface area contributed by atoms with E-state index in [-0.39, 0.29) is 11.9 Å². The number of hydrogen-bond donors (Lipinski definition) is 2. The summed E-state index contributed by atoms with van der Waals surface area (Å²) in [6, 6.07) is 0.163. The van der Waals surface area contributed by atoms with Crippen molar-refractivity contribution in [3.8, 4) is 0 Å². The Kier molecular flexibility index (Phi) is 6.63. The molecule has 0 spiro atoms. The standard InChI is InChI=1S/C9H17ClN2O/c1-7(10)6-12-9(13)5-3-4-8(2)11/h8H,1,3-6,11H2,2H3,(H,12,13). The fraction of sp³-hybridized carbons (Fsp3) is 0.667. The fourth-order valence-electron chi connectivity index (χ4n) is 0.867. The van der Waals surface area contributed by atoms with Gasteiger partial charge in [-0.05, 0) is 19.8 Å². The van der Waals surface area contributed by atoms with Crippen molar-refractivity contribution in [3.63, 3.8) is 0 Å². The molecule has 0 fully saturated rings. The number of nitrogens with two attached hydrogens (primary N) is 1. The van der Waals surface area contributed by atoms with Gasteiger partial charge in [-0.15, -0.1) is 0 Å². The van der Waals surface area contributed by atoms with Crippen LogP contribution in [0.4, 0.5) is 0 Å². The summed E-state index contributed by atoms with van der Waals surface area (Å²) < 4.78 is 0. The number of halogens is 1. The summed E-state index contributed by atoms with van der Waals surface area (Å²) in [4.78, 5) is 11.1. The first kappa shape index (κ1) is 12.5. The van der Waals surface area contributed by atoms with E-state index in [1.54, 1.807) is 0 Å². The minimum absolute atomic E-state index is 0.00227. The molecular weight excluding hydrogens is 188 g/mol. The quantitative estimate of drug-likeness (QED) is 0.687. The SMILES string of the molecule is C=C(Cl)CNC(=O)CCCC(C)N. The summed E-state index contributed by atoms with van der Waals surface area (Å²) in [6.45, 7) is 5.74. The van der Waals surface area contributed by atoms with Crippen molar-refractivity contribution in [2.24, 2.45) is 5.73 Å². The molecule has 0 aromatic carbocycles. The molecule has 13 heavy (non-hydrogen) atoms. The van der Waals surface area contributed by atoms with E-state index in [1.165, 1.54) is 0 Å². The van der Waals surface area contributed by atoms with Gasteiger partial charge < -0.3 is 11.1 Å². The lowest BCUT2D eigenvalue weighted by molar-refractivity contribution is -0.121. The molecule has 0 aliphatic carbocycles. The lowest BCUT2D eigenvalue weighted by Crippen LogP contribution is -2.24. The van der Waals surface area contributed by atoms with Crippen LogP contribution in [0, 0.1) is 0 Å². The number of nitrogens with one attached hydrogen (secondary N) is 1. The van der Waals surface area contributed by atoms with E-state index in [4.69, 9.17) is 17.3 Å². The van der Waals surface area contributed by atoms with E-state index in [9.17, 15) is 4.79 Å². The second-order valence-electron chi connectivity index (χ2n) is 3.16. The van der Waals surface area contributed by atoms with Crippen molar-refractivity contribution in [3.05, 3.63) is 11.6 Å². The van der Waals surface area contributed by atoms with Crippen molar-refractivity contribution in [1.29, 1.82) is 0 Å². The number of carbonyl (C=O) groups is 1. The molecule has 4 heteroatoms. The summed E-state index contributed by atoms with van der Waals surface area (Å²) in [7, 11) is 0. The Morgan fingerprint density at radius 2 is 2.31 bits per heavy atom. The van der Waals surface area contributed by atoms with Crippen molar-refractivity contribution in [2.75, 3.05) is 6.54 Å². The Balaban J connectivity index is 3.36. The minimum atomic E-state index is 0.00227. The molecule has 0 aromatic heterocycles. The predicted octanol–water partition coefficient (Wildman–Crippen LogP) is 1.37. The molecular formula is C9H17ClN2O. The van der Waals surface area contributed by atoms with Crippen LogP contribution in [-0.2, 0) is 4.79 Å². The third kappa shape index (κ3) is 9.37. The van der Waals surface area contributed by atoms with Crippen molar-refractivity contribution >= 4 is 17.5 Å². The van der Waals surface area contributed by atoms with Gasteiger partial charge in [-0.3, -0.25) is 4.79 Å². The van der Waals surface area contributed by atoms with E-state index in [0.717, 1.165) is 12.8 Å². The summed E-state index contributed by atoms with van der Waals surface area (Å²) >= 11 is 5.48. The third-order valence-corrected chi connectivity index (χ3v) is 1.67. The molecule has 76 valence electrons. The van der Waals surface area contributed by atoms with Gasteiger partial charge in [0.25, 0.3) is 0 Å². The predicted molar refractivity (Wildman–Crippen MR) is 55.5 cm³/mol. The first-order chi connectivity index (χ1) is 6.02. The highest BCUT2D eigenvalue weighted by Gasteiger charge is 2.01. The highest BCUT2D eigenvalue weighted by atomic mass is 35.5. The van der Waals surface area contributed by atoms with Gasteiger partial charge in [-0.1, -0.05) is 18.2 Å². The summed E-state index contributed by atoms with van der Waals surface area (Å²) in [6.07, 6.45) is 2.19. The van der Waals surface area contributed by atoms with Crippen LogP contribution >= 0.6 is 11.6 Å². The minimum Gasteiger partial charge on any atom is -0.351 e. The lowest BCUT2D eigenvalue weighted by atomic mass is 10.1. The van der Waals surface area contributed by atoms with Gasteiger partial charge >= 0.3 is 0 Å². The lowest BCUT2D eigenvalue weighted by Gasteiger charge is -2.05. The Labute approximate surface area is 84.3 Å². The molecule has 0 aliphatic heterocycles. The van der Waals surface area contributed by atoms with Crippen LogP contribution in [0.25, 0.3) is 0 Å². The zero-order valence-electron chi connectivity index (χ0n) is 7.98. The summed E-state index contributed by atoms with van der Waals surface area (Å²) in [5, 5.41) is 3.09. The van der Waals surface area contributed by atoms with Crippen LogP contribution in [0.1, 0.15) is 26.2 Å². The second-order valence-corrected chi connectivity index (χ2v) is 3.70. The van der Waals surface area contributed by atoms with E-state index in [1.807, 2.05) is 6.92 Å². The molecule has 1 unspecified atom stereocenters. The van der Waals surface area contributed by atoms with Gasteiger partial charge in [-0.25, -0.2) is 0 Å². The largest absolute Gasteiger partial charge is 0.351 e. The van der Waals surface area contributed by atoms with Gasteiger partial charge in [0.15, 0.2) is 0 Å². The maximum absolute atomic E-state index is 11.1. The van der Waals surface area contributed by atoms with Crippen LogP contribution in [0.15, 0.2) is 11.6 Å². The first-order valence-electron chi connectivity index (χ1n) is 4.38. The third-order valence-electron chi connectivity index (χ3n) is 1.54. The van der Waals surface area contributed by atoms with Crippen LogP contribution in [0.2, 0.25) is 0 Å². The Morgan fingerprint density at radius 1 is 1.69 bits per heavy atom. The second kappa shape index (κ2) is 6.92. The van der Waals surface area contributed by atoms with E-state index >= 15 is 0 Å². The highest BCUT2D eigenvalue weighted by Crippen LogP contribution is 1.99. The number of hydrogen-bond acceptors (Lipinski definition) is 2. The molecule has 1 amide bonds. The Bertz CT molecular complexity index is 180. The van der Waals surface area contributed by atoms with Crippen molar-refractivity contribution < 1.29 is 4.79 Å². The summed E-state index contributed by atoms with van der Waals surface area (Å²) in [5.41, 5.74) is 5.53. The molecule has 1 atom stereocenters. The zero-order valence-corrected chi connectivity index (χ0v) is 8.73. The number of carbonyl (C=O) groups excluding carboxylic acids is 1. The molecule has 0 saturated carbocycles. The average molecular weight is 205 g/mol. The van der Waals surface area contributed by atoms with Gasteiger partial charge in [0, 0.05) is 17.5 Å². The molecule has 0 radical (unpaired) electrons. The molecule has 0 aromatic rings. The first-order valence-corrected chi connectivity index (χ1v) is 4.75. The number of amides is 1. The summed E-state index contributed by atoms with van der Waals surface area (Å²) in [5.74, 6) is 0.00227. The Hall–Kier alpha value is -0.540. The van der Waals surface area contributed by atoms with Crippen LogP contribution in [0.3, 0.4) is 0 Å². The molecule has 0 saturated heterocycles. The average Bonchev–Trinajstić information content (AvgIpc) is 2.00. The van der Waals surface area contributed by atoms with Crippen molar-refractivity contribution in [2.45, 2.75) is 32.2 Å². The molecule has 3 nitrogen and oxygen atoms in total. The maximum atomic E-state index is 11.1. The monoisotopic (exact) mass is 204 g/mol. The topological polar surface area (TPSA) is 55.1 Å². The van der Waals surface area contributed by atoms with Crippen LogP contribution < -0.4 is 11.1 Å². The smallest absolute Gasteiger partial charge is 0.220 e. The van der Waals surface area contributed by atoms with E-state index in [0.29, 0.717) is 18.0 Å². The number of rotatable bonds is 6. The molecule has 0 aliphatic rings. The molecule has 3 N–H and O–H groups in total. The zero-order chi connectivity index (χ0) is 10.3. The van der Waals surface area contributed by atoms with Gasteiger partial charge in [0.1, 0.15) is 0 Å². The highest BCUT2D eigenvalue weighted by molar-refractivity contribution is 6.29. The van der Waals surface area contributed by atoms with Crippen LogP contribution in [-0.4, -0.2) is 18.5 Å². The molecule has 0 rings (SSSR count). The van der Waals surface area contributed by atoms with Gasteiger partial charge in [0.05, 0.1) is 6.54 Å². The van der Waals surface area contributed by atoms with E-state index in [2.05, 4.69) is 11.9 Å². The van der Waals surface area contributed by atoms with E-state index < -0.39 is 0 Å². The molecule has 0 heterocycles. The van der Waals surface area contributed by atoms with Crippen LogP contribution in [0.5, 0.6) is 0 Å². The van der Waals surface area contributed by atoms with Crippen molar-refractivity contribution in [1.82, 2.24) is 5.32 Å². The fourth-order valence-corrected chi connectivity index (χ4v) is 0.934. The van der Waals surface area contributed by atoms with Gasteiger partial charge in [-0.2, -0.15) is 0 Å².